The van der Waals surface area contributed by atoms with Gasteiger partial charge in [0.25, 0.3) is 0 Å². The molecule has 0 atom stereocenters. The Bertz CT molecular complexity index is 1050. The quantitative estimate of drug-likeness (QED) is 0.691. The van der Waals surface area contributed by atoms with Gasteiger partial charge < -0.3 is 9.32 Å². The predicted octanol–water partition coefficient (Wildman–Crippen LogP) is 4.50. The fourth-order valence-electron chi connectivity index (χ4n) is 3.77. The second kappa shape index (κ2) is 5.52. The number of benzene rings is 1. The van der Waals surface area contributed by atoms with Crippen LogP contribution < -0.4 is 4.90 Å². The first-order valence-electron chi connectivity index (χ1n) is 9.32. The summed E-state index contributed by atoms with van der Waals surface area (Å²) in [6, 6.07) is 10.4. The summed E-state index contributed by atoms with van der Waals surface area (Å²) in [7, 11) is 0. The van der Waals surface area contributed by atoms with Crippen molar-refractivity contribution in [2.24, 2.45) is 0 Å². The van der Waals surface area contributed by atoms with Crippen LogP contribution in [0.25, 0.3) is 22.8 Å². The summed E-state index contributed by atoms with van der Waals surface area (Å²) in [5.74, 6) is 1.44. The number of carbonyl (C=O) groups is 1. The molecule has 2 aromatic heterocycles. The van der Waals surface area contributed by atoms with Gasteiger partial charge in [-0.1, -0.05) is 12.1 Å². The number of hydrogen-bond acceptors (Lipinski definition) is 4. The van der Waals surface area contributed by atoms with E-state index in [0.717, 1.165) is 40.9 Å². The smallest absolute Gasteiger partial charge is 0.237 e. The van der Waals surface area contributed by atoms with Gasteiger partial charge in [0.2, 0.25) is 11.8 Å². The van der Waals surface area contributed by atoms with Crippen molar-refractivity contribution in [1.82, 2.24) is 9.97 Å². The monoisotopic (exact) mass is 359 g/mol. The molecule has 1 fully saturated rings. The van der Waals surface area contributed by atoms with Crippen molar-refractivity contribution in [3.05, 3.63) is 54.0 Å². The minimum Gasteiger partial charge on any atom is -0.436 e. The summed E-state index contributed by atoms with van der Waals surface area (Å²) in [5, 5.41) is 0. The van der Waals surface area contributed by atoms with Crippen LogP contribution in [0.5, 0.6) is 0 Å². The maximum Gasteiger partial charge on any atom is 0.237 e. The van der Waals surface area contributed by atoms with Crippen LogP contribution in [0.3, 0.4) is 0 Å². The van der Waals surface area contributed by atoms with Gasteiger partial charge in [0.1, 0.15) is 0 Å². The lowest BCUT2D eigenvalue weighted by Crippen LogP contribution is -2.37. The van der Waals surface area contributed by atoms with E-state index in [-0.39, 0.29) is 5.91 Å². The average Bonchev–Trinajstić information content (AvgIpc) is 3.32. The molecule has 0 radical (unpaired) electrons. The summed E-state index contributed by atoms with van der Waals surface area (Å²) < 4.78 is 5.99. The molecule has 136 valence electrons. The number of carbonyl (C=O) groups excluding carboxylic acids is 1. The van der Waals surface area contributed by atoms with Gasteiger partial charge in [0, 0.05) is 29.2 Å². The molecular formula is C22H21N3O2. The number of hydrogen-bond donors (Lipinski definition) is 0. The van der Waals surface area contributed by atoms with Gasteiger partial charge in [0.15, 0.2) is 5.76 Å². The number of amides is 1. The second-order valence-electron chi connectivity index (χ2n) is 7.98. The maximum absolute atomic E-state index is 12.9. The fraction of sp³-hybridized carbons (Fsp3) is 0.318. The van der Waals surface area contributed by atoms with E-state index in [1.807, 2.05) is 43.9 Å². The summed E-state index contributed by atoms with van der Waals surface area (Å²) in [6.45, 7) is 5.96. The van der Waals surface area contributed by atoms with E-state index in [0.29, 0.717) is 17.7 Å². The fourth-order valence-corrected chi connectivity index (χ4v) is 3.77. The first kappa shape index (κ1) is 16.2. The van der Waals surface area contributed by atoms with Gasteiger partial charge in [-0.3, -0.25) is 9.78 Å². The van der Waals surface area contributed by atoms with Crippen LogP contribution in [-0.2, 0) is 10.2 Å². The van der Waals surface area contributed by atoms with Gasteiger partial charge in [-0.25, -0.2) is 4.98 Å². The minimum atomic E-state index is -0.476. The van der Waals surface area contributed by atoms with Crippen LogP contribution >= 0.6 is 0 Å². The molecule has 5 heteroatoms. The Hall–Kier alpha value is -2.95. The van der Waals surface area contributed by atoms with E-state index in [4.69, 9.17) is 4.42 Å². The summed E-state index contributed by atoms with van der Waals surface area (Å²) in [4.78, 5) is 23.6. The molecule has 27 heavy (non-hydrogen) atoms. The topological polar surface area (TPSA) is 59.2 Å². The highest BCUT2D eigenvalue weighted by Crippen LogP contribution is 2.47. The normalized spacial score (nSPS) is 18.0. The van der Waals surface area contributed by atoms with Gasteiger partial charge in [0.05, 0.1) is 17.2 Å². The van der Waals surface area contributed by atoms with Crippen LogP contribution in [0.4, 0.5) is 5.69 Å². The Morgan fingerprint density at radius 2 is 1.85 bits per heavy atom. The van der Waals surface area contributed by atoms with Gasteiger partial charge in [-0.15, -0.1) is 0 Å². The Labute approximate surface area is 158 Å². The highest BCUT2D eigenvalue weighted by Gasteiger charge is 2.49. The second-order valence-corrected chi connectivity index (χ2v) is 7.98. The molecule has 2 aliphatic rings. The van der Waals surface area contributed by atoms with Crippen molar-refractivity contribution in [2.45, 2.75) is 45.1 Å². The molecule has 0 N–H and O–H groups in total. The van der Waals surface area contributed by atoms with Crippen molar-refractivity contribution in [3.8, 4) is 22.8 Å². The summed E-state index contributed by atoms with van der Waals surface area (Å²) >= 11 is 0. The third-order valence-corrected chi connectivity index (χ3v) is 5.54. The highest BCUT2D eigenvalue weighted by molar-refractivity contribution is 6.08. The molecule has 5 rings (SSSR count). The summed E-state index contributed by atoms with van der Waals surface area (Å²) in [5.41, 5.74) is 4.37. The highest BCUT2D eigenvalue weighted by atomic mass is 16.4. The van der Waals surface area contributed by atoms with E-state index in [2.05, 4.69) is 22.1 Å². The lowest BCUT2D eigenvalue weighted by molar-refractivity contribution is -0.122. The van der Waals surface area contributed by atoms with Gasteiger partial charge in [-0.05, 0) is 57.4 Å². The Morgan fingerprint density at radius 3 is 2.56 bits per heavy atom. The maximum atomic E-state index is 12.9. The number of aryl methyl sites for hydroxylation is 1. The van der Waals surface area contributed by atoms with Gasteiger partial charge >= 0.3 is 0 Å². The van der Waals surface area contributed by atoms with E-state index in [1.165, 1.54) is 0 Å². The molecule has 0 spiro atoms. The van der Waals surface area contributed by atoms with Crippen LogP contribution in [0, 0.1) is 6.92 Å². The molecule has 1 aromatic carbocycles. The number of nitrogens with zero attached hydrogens (tertiary/aromatic N) is 3. The third-order valence-electron chi connectivity index (χ3n) is 5.54. The Balaban J connectivity index is 1.54. The Kier molecular flexibility index (Phi) is 3.32. The molecule has 1 aliphatic carbocycles. The van der Waals surface area contributed by atoms with E-state index >= 15 is 0 Å². The van der Waals surface area contributed by atoms with E-state index in [9.17, 15) is 4.79 Å². The molecule has 3 aromatic rings. The lowest BCUT2D eigenvalue weighted by Gasteiger charge is -2.19. The van der Waals surface area contributed by atoms with Crippen molar-refractivity contribution in [2.75, 3.05) is 4.90 Å². The molecule has 0 unspecified atom stereocenters. The standard InChI is InChI=1S/C22H21N3O2/c1-13-4-5-15(11-23-13)20-24-12-19(27-20)14-6-9-17-18(10-14)25(16-7-8-16)21(26)22(17,2)3/h4-6,9-12,16H,7-8H2,1-3H3. The SMILES string of the molecule is Cc1ccc(-c2ncc(-c3ccc4c(c3)N(C3CC3)C(=O)C4(C)C)o2)cn1. The molecule has 0 bridgehead atoms. The average molecular weight is 359 g/mol. The zero-order chi connectivity index (χ0) is 18.8. The number of pyridine rings is 1. The Morgan fingerprint density at radius 1 is 1.07 bits per heavy atom. The lowest BCUT2D eigenvalue weighted by atomic mass is 9.86. The largest absolute Gasteiger partial charge is 0.436 e. The molecule has 3 heterocycles. The molecule has 0 saturated heterocycles. The number of rotatable bonds is 3. The zero-order valence-electron chi connectivity index (χ0n) is 15.7. The van der Waals surface area contributed by atoms with Gasteiger partial charge in [-0.2, -0.15) is 0 Å². The number of anilines is 1. The first-order chi connectivity index (χ1) is 12.9. The molecule has 1 amide bonds. The van der Waals surface area contributed by atoms with Crippen LogP contribution in [0.2, 0.25) is 0 Å². The minimum absolute atomic E-state index is 0.195. The first-order valence-corrected chi connectivity index (χ1v) is 9.32. The zero-order valence-corrected chi connectivity index (χ0v) is 15.7. The van der Waals surface area contributed by atoms with Crippen LogP contribution in [0.15, 0.2) is 47.1 Å². The molecule has 5 nitrogen and oxygen atoms in total. The number of fused-ring (bicyclic) bond motifs is 1. The van der Waals surface area contributed by atoms with Crippen molar-refractivity contribution in [3.63, 3.8) is 0 Å². The number of oxazole rings is 1. The van der Waals surface area contributed by atoms with Crippen molar-refractivity contribution >= 4 is 11.6 Å². The summed E-state index contributed by atoms with van der Waals surface area (Å²) in [6.07, 6.45) is 5.67. The van der Waals surface area contributed by atoms with Crippen molar-refractivity contribution < 1.29 is 9.21 Å². The third kappa shape index (κ3) is 2.49. The van der Waals surface area contributed by atoms with E-state index < -0.39 is 5.41 Å². The van der Waals surface area contributed by atoms with Crippen LogP contribution in [-0.4, -0.2) is 21.9 Å². The van der Waals surface area contributed by atoms with Crippen LogP contribution in [0.1, 0.15) is 37.9 Å². The predicted molar refractivity (Wildman–Crippen MR) is 103 cm³/mol. The molecule has 1 aliphatic heterocycles. The molecule has 1 saturated carbocycles. The number of aromatic nitrogens is 2. The van der Waals surface area contributed by atoms with E-state index in [1.54, 1.807) is 12.4 Å². The van der Waals surface area contributed by atoms with Crippen molar-refractivity contribution in [1.29, 1.82) is 0 Å². The molecular weight excluding hydrogens is 338 g/mol.